The Balaban J connectivity index is 4.66. The molecule has 0 heterocycles. The van der Waals surface area contributed by atoms with Crippen molar-refractivity contribution >= 4 is 19.3 Å². The summed E-state index contributed by atoms with van der Waals surface area (Å²) in [5.41, 5.74) is -0.517. The van der Waals surface area contributed by atoms with Crippen molar-refractivity contribution in [3.05, 3.63) is 0 Å². The zero-order valence-corrected chi connectivity index (χ0v) is 9.82. The average Bonchev–Trinajstić information content (AvgIpc) is 1.80. The fraction of sp³-hybridized carbons (Fsp3) is 0.778. The predicted molar refractivity (Wildman–Crippen MR) is 52.8 cm³/mol. The first kappa shape index (κ1) is 11.6. The molecule has 0 rings (SSSR count). The maximum atomic E-state index is 11.5. The number of hydrogen-bond donors (Lipinski definition) is 0. The fourth-order valence-electron chi connectivity index (χ4n) is 0.681. The molecule has 0 spiro atoms. The molecule has 0 aromatic carbocycles. The second-order valence-corrected chi connectivity index (χ2v) is 10.1. The van der Waals surface area contributed by atoms with Gasteiger partial charge in [0.05, 0.1) is 0 Å². The van der Waals surface area contributed by atoms with Gasteiger partial charge in [0.2, 0.25) is 0 Å². The normalized spacial score (nSPS) is 12.8. The highest BCUT2D eigenvalue weighted by Gasteiger charge is 2.36. The van der Waals surface area contributed by atoms with E-state index in [1.54, 1.807) is 20.8 Å². The molecule has 3 heteroatoms. The number of hydrogen-bond acceptors (Lipinski definition) is 2. The van der Waals surface area contributed by atoms with Gasteiger partial charge in [0.1, 0.15) is 8.07 Å². The van der Waals surface area contributed by atoms with Gasteiger partial charge in [-0.2, -0.15) is 0 Å². The molecule has 0 saturated heterocycles. The van der Waals surface area contributed by atoms with Crippen LogP contribution in [0.25, 0.3) is 0 Å². The summed E-state index contributed by atoms with van der Waals surface area (Å²) in [6, 6.07) is 0. The molecule has 0 aliphatic carbocycles. The molecule has 0 N–H and O–H groups in total. The van der Waals surface area contributed by atoms with E-state index in [0.717, 1.165) is 0 Å². The molecule has 0 bridgehead atoms. The number of carbonyl (C=O) groups is 2. The van der Waals surface area contributed by atoms with E-state index in [2.05, 4.69) is 0 Å². The van der Waals surface area contributed by atoms with E-state index in [1.165, 1.54) is 0 Å². The molecular weight excluding hydrogens is 168 g/mol. The summed E-state index contributed by atoms with van der Waals surface area (Å²) in [7, 11) is -1.92. The molecule has 12 heavy (non-hydrogen) atoms. The number of ketones is 1. The highest BCUT2D eigenvalue weighted by atomic mass is 28.3. The van der Waals surface area contributed by atoms with Crippen LogP contribution in [-0.4, -0.2) is 19.3 Å². The van der Waals surface area contributed by atoms with Crippen molar-refractivity contribution in [2.24, 2.45) is 5.41 Å². The molecule has 0 saturated carbocycles. The standard InChI is InChI=1S/C9H18O2Si/c1-9(2,3)7(10)8(11)12(4,5)6/h1-6H3. The Hall–Kier alpha value is -0.443. The van der Waals surface area contributed by atoms with Crippen LogP contribution < -0.4 is 0 Å². The van der Waals surface area contributed by atoms with E-state index >= 15 is 0 Å². The third kappa shape index (κ3) is 2.89. The topological polar surface area (TPSA) is 34.1 Å². The van der Waals surface area contributed by atoms with E-state index < -0.39 is 13.5 Å². The van der Waals surface area contributed by atoms with E-state index in [4.69, 9.17) is 0 Å². The van der Waals surface area contributed by atoms with Crippen molar-refractivity contribution in [3.63, 3.8) is 0 Å². The molecule has 0 atom stereocenters. The minimum absolute atomic E-state index is 0.144. The molecule has 70 valence electrons. The quantitative estimate of drug-likeness (QED) is 0.488. The van der Waals surface area contributed by atoms with E-state index in [0.29, 0.717) is 0 Å². The molecule has 2 nitrogen and oxygen atoms in total. The zero-order valence-electron chi connectivity index (χ0n) is 8.82. The third-order valence-electron chi connectivity index (χ3n) is 1.57. The minimum atomic E-state index is -1.92. The summed E-state index contributed by atoms with van der Waals surface area (Å²) in [6.07, 6.45) is 0. The Kier molecular flexibility index (Phi) is 3.01. The first-order valence-corrected chi connectivity index (χ1v) is 7.66. The lowest BCUT2D eigenvalue weighted by molar-refractivity contribution is -0.137. The van der Waals surface area contributed by atoms with Crippen molar-refractivity contribution in [1.29, 1.82) is 0 Å². The molecule has 0 unspecified atom stereocenters. The van der Waals surface area contributed by atoms with Gasteiger partial charge in [-0.05, 0) is 0 Å². The number of carbonyl (C=O) groups excluding carboxylic acids is 2. The second-order valence-electron chi connectivity index (χ2n) is 5.16. The van der Waals surface area contributed by atoms with Crippen LogP contribution in [0.15, 0.2) is 0 Å². The molecule has 0 aliphatic rings. The minimum Gasteiger partial charge on any atom is -0.297 e. The second kappa shape index (κ2) is 3.13. The Morgan fingerprint density at radius 2 is 1.33 bits per heavy atom. The van der Waals surface area contributed by atoms with Crippen LogP contribution in [0.5, 0.6) is 0 Å². The van der Waals surface area contributed by atoms with Gasteiger partial charge in [0.15, 0.2) is 11.2 Å². The fourth-order valence-corrected chi connectivity index (χ4v) is 1.74. The first-order chi connectivity index (χ1) is 5.07. The average molecular weight is 186 g/mol. The maximum absolute atomic E-state index is 11.5. The van der Waals surface area contributed by atoms with E-state index in [-0.39, 0.29) is 11.2 Å². The van der Waals surface area contributed by atoms with Crippen molar-refractivity contribution in [1.82, 2.24) is 0 Å². The Morgan fingerprint density at radius 3 is 1.42 bits per heavy atom. The molecular formula is C9H18O2Si. The Bertz CT molecular complexity index is 182. The van der Waals surface area contributed by atoms with Gasteiger partial charge in [-0.1, -0.05) is 40.4 Å². The Labute approximate surface area is 75.4 Å². The van der Waals surface area contributed by atoms with Crippen LogP contribution >= 0.6 is 0 Å². The molecule has 0 aromatic rings. The summed E-state index contributed by atoms with van der Waals surface area (Å²) in [5, 5.41) is -0.144. The van der Waals surface area contributed by atoms with E-state index in [1.807, 2.05) is 19.6 Å². The molecule has 0 radical (unpaired) electrons. The summed E-state index contributed by atoms with van der Waals surface area (Å²) >= 11 is 0. The lowest BCUT2D eigenvalue weighted by Crippen LogP contribution is -2.44. The Morgan fingerprint density at radius 1 is 1.00 bits per heavy atom. The van der Waals surface area contributed by atoms with Crippen LogP contribution in [0, 0.1) is 5.41 Å². The first-order valence-electron chi connectivity index (χ1n) is 4.16. The highest BCUT2D eigenvalue weighted by molar-refractivity contribution is 7.11. The van der Waals surface area contributed by atoms with Crippen LogP contribution in [-0.2, 0) is 9.59 Å². The summed E-state index contributed by atoms with van der Waals surface area (Å²) in [4.78, 5) is 23.0. The zero-order chi connectivity index (χ0) is 10.2. The predicted octanol–water partition coefficient (Wildman–Crippen LogP) is 2.05. The van der Waals surface area contributed by atoms with Gasteiger partial charge in [-0.15, -0.1) is 0 Å². The van der Waals surface area contributed by atoms with Crippen LogP contribution in [0.1, 0.15) is 20.8 Å². The van der Waals surface area contributed by atoms with Crippen LogP contribution in [0.3, 0.4) is 0 Å². The molecule has 0 fully saturated rings. The summed E-state index contributed by atoms with van der Waals surface area (Å²) in [5.74, 6) is -0.221. The lowest BCUT2D eigenvalue weighted by Gasteiger charge is -2.20. The smallest absolute Gasteiger partial charge is 0.198 e. The van der Waals surface area contributed by atoms with Gasteiger partial charge in [-0.3, -0.25) is 9.59 Å². The number of Topliss-reactive ketones (excluding diaryl/α,β-unsaturated/α-hetero) is 1. The molecule has 0 aromatic heterocycles. The largest absolute Gasteiger partial charge is 0.297 e. The molecule has 0 aliphatic heterocycles. The van der Waals surface area contributed by atoms with Gasteiger partial charge in [0, 0.05) is 5.41 Å². The van der Waals surface area contributed by atoms with Gasteiger partial charge in [0.25, 0.3) is 0 Å². The van der Waals surface area contributed by atoms with Crippen molar-refractivity contribution < 1.29 is 9.59 Å². The summed E-state index contributed by atoms with van der Waals surface area (Å²) in [6.45, 7) is 11.1. The highest BCUT2D eigenvalue weighted by Crippen LogP contribution is 2.18. The monoisotopic (exact) mass is 186 g/mol. The SMILES string of the molecule is CC(C)(C)C(=O)C(=O)[Si](C)(C)C. The van der Waals surface area contributed by atoms with Gasteiger partial charge in [-0.25, -0.2) is 0 Å². The number of rotatable bonds is 2. The third-order valence-corrected chi connectivity index (χ3v) is 3.16. The summed E-state index contributed by atoms with van der Waals surface area (Å²) < 4.78 is 0. The maximum Gasteiger partial charge on any atom is 0.198 e. The lowest BCUT2D eigenvalue weighted by atomic mass is 9.92. The van der Waals surface area contributed by atoms with Crippen molar-refractivity contribution in [2.75, 3.05) is 0 Å². The van der Waals surface area contributed by atoms with Gasteiger partial charge < -0.3 is 0 Å². The van der Waals surface area contributed by atoms with Crippen LogP contribution in [0.4, 0.5) is 0 Å². The molecule has 0 amide bonds. The van der Waals surface area contributed by atoms with Crippen molar-refractivity contribution in [2.45, 2.75) is 40.4 Å². The van der Waals surface area contributed by atoms with Crippen molar-refractivity contribution in [3.8, 4) is 0 Å². The van der Waals surface area contributed by atoms with E-state index in [9.17, 15) is 9.59 Å². The van der Waals surface area contributed by atoms with Gasteiger partial charge >= 0.3 is 0 Å². The van der Waals surface area contributed by atoms with Crippen LogP contribution in [0.2, 0.25) is 19.6 Å².